The number of hydrogen-bond donors (Lipinski definition) is 2. The van der Waals surface area contributed by atoms with Gasteiger partial charge in [-0.1, -0.05) is 13.8 Å². The minimum absolute atomic E-state index is 0.0285. The Bertz CT molecular complexity index is 275. The van der Waals surface area contributed by atoms with E-state index in [1.54, 1.807) is 0 Å². The Kier molecular flexibility index (Phi) is 7.64. The van der Waals surface area contributed by atoms with Crippen LogP contribution in [0.1, 0.15) is 54.4 Å². The molecule has 0 spiro atoms. The van der Waals surface area contributed by atoms with Crippen LogP contribution >= 0.6 is 0 Å². The van der Waals surface area contributed by atoms with Gasteiger partial charge >= 0.3 is 0 Å². The van der Waals surface area contributed by atoms with E-state index < -0.39 is 0 Å². The molecule has 0 heterocycles. The van der Waals surface area contributed by atoms with Gasteiger partial charge < -0.3 is 10.6 Å². The average molecular weight is 256 g/mol. The fraction of sp³-hybridized carbons (Fsp3) is 0.857. The van der Waals surface area contributed by atoms with Gasteiger partial charge in [0.1, 0.15) is 0 Å². The highest BCUT2D eigenvalue weighted by Gasteiger charge is 2.23. The topological polar surface area (TPSA) is 58.2 Å². The third-order valence-electron chi connectivity index (χ3n) is 2.81. The SMILES string of the molecule is CCC(C[C@@H](C)C(=O)NC(C)C)C(=O)NC(C)C. The molecule has 0 aliphatic heterocycles. The Morgan fingerprint density at radius 3 is 1.72 bits per heavy atom. The number of carbonyl (C=O) groups is 2. The lowest BCUT2D eigenvalue weighted by Gasteiger charge is -2.21. The van der Waals surface area contributed by atoms with Gasteiger partial charge in [0.05, 0.1) is 0 Å². The van der Waals surface area contributed by atoms with Crippen LogP contribution in [0.5, 0.6) is 0 Å². The zero-order valence-corrected chi connectivity index (χ0v) is 12.5. The quantitative estimate of drug-likeness (QED) is 0.733. The average Bonchev–Trinajstić information content (AvgIpc) is 2.23. The van der Waals surface area contributed by atoms with Crippen molar-refractivity contribution in [1.82, 2.24) is 10.6 Å². The van der Waals surface area contributed by atoms with E-state index >= 15 is 0 Å². The molecule has 4 nitrogen and oxygen atoms in total. The van der Waals surface area contributed by atoms with Gasteiger partial charge in [-0.05, 0) is 40.5 Å². The van der Waals surface area contributed by atoms with Crippen molar-refractivity contribution in [2.75, 3.05) is 0 Å². The molecule has 1 unspecified atom stereocenters. The molecule has 0 aromatic heterocycles. The van der Waals surface area contributed by atoms with E-state index in [0.29, 0.717) is 6.42 Å². The maximum Gasteiger partial charge on any atom is 0.223 e. The van der Waals surface area contributed by atoms with Crippen LogP contribution in [0.2, 0.25) is 0 Å². The van der Waals surface area contributed by atoms with Gasteiger partial charge in [0.25, 0.3) is 0 Å². The van der Waals surface area contributed by atoms with Crippen LogP contribution in [0, 0.1) is 11.8 Å². The molecular weight excluding hydrogens is 228 g/mol. The summed E-state index contributed by atoms with van der Waals surface area (Å²) in [6, 6.07) is 0.288. The first-order valence-electron chi connectivity index (χ1n) is 6.88. The zero-order chi connectivity index (χ0) is 14.3. The van der Waals surface area contributed by atoms with Crippen molar-refractivity contribution in [3.05, 3.63) is 0 Å². The molecule has 0 aliphatic rings. The van der Waals surface area contributed by atoms with Gasteiger partial charge in [-0.15, -0.1) is 0 Å². The van der Waals surface area contributed by atoms with Gasteiger partial charge in [-0.2, -0.15) is 0 Å². The fourth-order valence-corrected chi connectivity index (χ4v) is 1.82. The summed E-state index contributed by atoms with van der Waals surface area (Å²) < 4.78 is 0. The van der Waals surface area contributed by atoms with Crippen molar-refractivity contribution in [1.29, 1.82) is 0 Å². The Balaban J connectivity index is 4.35. The summed E-state index contributed by atoms with van der Waals surface area (Å²) in [7, 11) is 0. The molecule has 0 radical (unpaired) electrons. The van der Waals surface area contributed by atoms with Crippen LogP contribution in [0.15, 0.2) is 0 Å². The molecule has 2 atom stereocenters. The first-order chi connectivity index (χ1) is 8.27. The minimum Gasteiger partial charge on any atom is -0.354 e. The van der Waals surface area contributed by atoms with Crippen molar-refractivity contribution in [2.45, 2.75) is 66.5 Å². The molecule has 0 bridgehead atoms. The number of nitrogens with one attached hydrogen (secondary N) is 2. The minimum atomic E-state index is -0.129. The Morgan fingerprint density at radius 2 is 1.33 bits per heavy atom. The largest absolute Gasteiger partial charge is 0.354 e. The second-order valence-electron chi connectivity index (χ2n) is 5.57. The van der Waals surface area contributed by atoms with Crippen LogP contribution in [0.25, 0.3) is 0 Å². The highest BCUT2D eigenvalue weighted by Crippen LogP contribution is 2.16. The maximum atomic E-state index is 11.9. The monoisotopic (exact) mass is 256 g/mol. The summed E-state index contributed by atoms with van der Waals surface area (Å²) in [5.41, 5.74) is 0. The van der Waals surface area contributed by atoms with Crippen LogP contribution in [0.4, 0.5) is 0 Å². The van der Waals surface area contributed by atoms with Gasteiger partial charge in [0.2, 0.25) is 11.8 Å². The normalized spacial score (nSPS) is 14.4. The highest BCUT2D eigenvalue weighted by atomic mass is 16.2. The second-order valence-corrected chi connectivity index (χ2v) is 5.57. The molecule has 0 rings (SSSR count). The molecule has 0 aliphatic carbocycles. The molecule has 2 N–H and O–H groups in total. The predicted molar refractivity (Wildman–Crippen MR) is 74.1 cm³/mol. The van der Waals surface area contributed by atoms with Crippen LogP contribution < -0.4 is 10.6 Å². The van der Waals surface area contributed by atoms with Crippen LogP contribution in [0.3, 0.4) is 0 Å². The summed E-state index contributed by atoms with van der Waals surface area (Å²) in [5, 5.41) is 5.79. The maximum absolute atomic E-state index is 11.9. The molecule has 106 valence electrons. The van der Waals surface area contributed by atoms with E-state index in [1.807, 2.05) is 41.5 Å². The van der Waals surface area contributed by atoms with E-state index in [-0.39, 0.29) is 35.7 Å². The van der Waals surface area contributed by atoms with Crippen molar-refractivity contribution in [3.63, 3.8) is 0 Å². The van der Waals surface area contributed by atoms with E-state index in [9.17, 15) is 9.59 Å². The van der Waals surface area contributed by atoms with E-state index in [4.69, 9.17) is 0 Å². The molecule has 0 aromatic rings. The van der Waals surface area contributed by atoms with Gasteiger partial charge in [-0.25, -0.2) is 0 Å². The van der Waals surface area contributed by atoms with E-state index in [0.717, 1.165) is 6.42 Å². The molecule has 0 fully saturated rings. The number of amides is 2. The molecule has 0 aromatic carbocycles. The zero-order valence-electron chi connectivity index (χ0n) is 12.5. The second kappa shape index (κ2) is 8.11. The number of rotatable bonds is 7. The predicted octanol–water partition coefficient (Wildman–Crippen LogP) is 2.09. The lowest BCUT2D eigenvalue weighted by molar-refractivity contribution is -0.128. The third-order valence-corrected chi connectivity index (χ3v) is 2.81. The molecule has 0 saturated carbocycles. The van der Waals surface area contributed by atoms with Gasteiger partial charge in [-0.3, -0.25) is 9.59 Å². The molecule has 2 amide bonds. The lowest BCUT2D eigenvalue weighted by Crippen LogP contribution is -2.39. The number of carbonyl (C=O) groups excluding carboxylic acids is 2. The van der Waals surface area contributed by atoms with Crippen molar-refractivity contribution in [2.24, 2.45) is 11.8 Å². The Labute approximate surface area is 111 Å². The van der Waals surface area contributed by atoms with Crippen molar-refractivity contribution in [3.8, 4) is 0 Å². The molecule has 0 saturated heterocycles. The standard InChI is InChI=1S/C14H28N2O2/c1-7-12(14(18)16-10(4)5)8-11(6)13(17)15-9(2)3/h9-12H,7-8H2,1-6H3,(H,15,17)(H,16,18)/t11-,12?/m1/s1. The summed E-state index contributed by atoms with van der Waals surface area (Å²) >= 11 is 0. The van der Waals surface area contributed by atoms with Crippen LogP contribution in [-0.2, 0) is 9.59 Å². The Hall–Kier alpha value is -1.06. The van der Waals surface area contributed by atoms with Crippen molar-refractivity contribution < 1.29 is 9.59 Å². The molecular formula is C14H28N2O2. The van der Waals surface area contributed by atoms with Crippen molar-refractivity contribution >= 4 is 11.8 Å². The van der Waals surface area contributed by atoms with E-state index in [2.05, 4.69) is 10.6 Å². The summed E-state index contributed by atoms with van der Waals surface area (Å²) in [6.45, 7) is 11.6. The van der Waals surface area contributed by atoms with Crippen LogP contribution in [-0.4, -0.2) is 23.9 Å². The highest BCUT2D eigenvalue weighted by molar-refractivity contribution is 5.82. The number of hydrogen-bond acceptors (Lipinski definition) is 2. The van der Waals surface area contributed by atoms with Gasteiger partial charge in [0.15, 0.2) is 0 Å². The summed E-state index contributed by atoms with van der Waals surface area (Å²) in [5.74, 6) is -0.131. The molecule has 4 heteroatoms. The van der Waals surface area contributed by atoms with E-state index in [1.165, 1.54) is 0 Å². The summed E-state index contributed by atoms with van der Waals surface area (Å²) in [6.07, 6.45) is 1.37. The lowest BCUT2D eigenvalue weighted by atomic mass is 9.92. The smallest absolute Gasteiger partial charge is 0.223 e. The Morgan fingerprint density at radius 1 is 0.889 bits per heavy atom. The first kappa shape index (κ1) is 16.9. The fourth-order valence-electron chi connectivity index (χ4n) is 1.82. The summed E-state index contributed by atoms with van der Waals surface area (Å²) in [4.78, 5) is 23.7. The third kappa shape index (κ3) is 6.62. The molecule has 18 heavy (non-hydrogen) atoms. The first-order valence-corrected chi connectivity index (χ1v) is 6.88. The van der Waals surface area contributed by atoms with Gasteiger partial charge in [0, 0.05) is 23.9 Å².